The molecule has 3 saturated heterocycles. The summed E-state index contributed by atoms with van der Waals surface area (Å²) in [4.78, 5) is 62.3. The Balaban J connectivity index is 1.16. The standard InChI is InChI=1S/C43H39FN4O6/c1-25-7-10-28(11-8-25)45-48-40(51)34-24-33-31(38(26-9-18-36(49)35(44)23-26)43(34,42(48)53)27-5-3-2-4-6-27)16-17-32-37(33)41(52)47(39(32)50)30-14-12-29(13-15-30)46-19-21-54-22-20-46/h2-16,18,23,32-34,37-38,45,49H,17,19-22,24H2,1H3. The Bertz CT molecular complexity index is 2200. The highest BCUT2D eigenvalue weighted by atomic mass is 19.1. The first kappa shape index (κ1) is 34.0. The molecule has 6 unspecified atom stereocenters. The monoisotopic (exact) mass is 726 g/mol. The molecule has 6 atom stereocenters. The van der Waals surface area contributed by atoms with E-state index >= 15 is 9.18 Å². The van der Waals surface area contributed by atoms with Crippen molar-refractivity contribution in [3.63, 3.8) is 0 Å². The van der Waals surface area contributed by atoms with Crippen LogP contribution in [0.2, 0.25) is 0 Å². The van der Waals surface area contributed by atoms with Gasteiger partial charge in [0.1, 0.15) is 0 Å². The molecule has 9 rings (SSSR count). The van der Waals surface area contributed by atoms with Crippen molar-refractivity contribution in [2.75, 3.05) is 41.5 Å². The highest BCUT2D eigenvalue weighted by Crippen LogP contribution is 2.64. The van der Waals surface area contributed by atoms with Gasteiger partial charge in [-0.2, -0.15) is 5.01 Å². The first-order valence-corrected chi connectivity index (χ1v) is 18.4. The van der Waals surface area contributed by atoms with Gasteiger partial charge in [0.15, 0.2) is 11.6 Å². The zero-order valence-electron chi connectivity index (χ0n) is 29.7. The predicted molar refractivity (Wildman–Crippen MR) is 199 cm³/mol. The van der Waals surface area contributed by atoms with E-state index in [9.17, 15) is 19.5 Å². The zero-order valence-corrected chi connectivity index (χ0v) is 29.7. The summed E-state index contributed by atoms with van der Waals surface area (Å²) in [5, 5.41) is 11.3. The number of amides is 4. The van der Waals surface area contributed by atoms with Crippen LogP contribution >= 0.6 is 0 Å². The lowest BCUT2D eigenvalue weighted by Crippen LogP contribution is -2.53. The van der Waals surface area contributed by atoms with E-state index in [-0.39, 0.29) is 24.7 Å². The number of aryl methyl sites for hydroxylation is 1. The number of nitrogens with one attached hydrogen (secondary N) is 1. The van der Waals surface area contributed by atoms with Crippen LogP contribution in [0.4, 0.5) is 21.5 Å². The molecule has 5 aliphatic rings. The van der Waals surface area contributed by atoms with Gasteiger partial charge in [-0.05, 0) is 85.3 Å². The summed E-state index contributed by atoms with van der Waals surface area (Å²) in [6, 6.07) is 27.9. The maximum absolute atomic E-state index is 15.4. The number of hydrogen-bond donors (Lipinski definition) is 2. The number of ether oxygens (including phenoxy) is 1. The van der Waals surface area contributed by atoms with Crippen LogP contribution in [-0.2, 0) is 29.3 Å². The lowest BCUT2D eigenvalue weighted by atomic mass is 9.49. The molecule has 4 amide bonds. The number of carbonyl (C=O) groups is 4. The van der Waals surface area contributed by atoms with E-state index in [1.165, 1.54) is 17.0 Å². The average Bonchev–Trinajstić information content (AvgIpc) is 3.58. The van der Waals surface area contributed by atoms with Crippen molar-refractivity contribution in [1.29, 1.82) is 0 Å². The number of phenolic OH excluding ortho intramolecular Hbond substituents is 1. The van der Waals surface area contributed by atoms with E-state index in [4.69, 9.17) is 4.74 Å². The second kappa shape index (κ2) is 12.9. The number of carbonyl (C=O) groups excluding carboxylic acids is 4. The maximum atomic E-state index is 15.4. The lowest BCUT2D eigenvalue weighted by molar-refractivity contribution is -0.138. The Labute approximate surface area is 311 Å². The number of fused-ring (bicyclic) bond motifs is 4. The van der Waals surface area contributed by atoms with Crippen LogP contribution in [0.3, 0.4) is 0 Å². The van der Waals surface area contributed by atoms with E-state index in [0.717, 1.165) is 29.3 Å². The molecule has 10 nitrogen and oxygen atoms in total. The molecule has 2 aliphatic carbocycles. The number of rotatable bonds is 6. The number of phenols is 1. The van der Waals surface area contributed by atoms with Crippen LogP contribution in [0.1, 0.15) is 35.4 Å². The summed E-state index contributed by atoms with van der Waals surface area (Å²) in [7, 11) is 0. The summed E-state index contributed by atoms with van der Waals surface area (Å²) in [5.74, 6) is -6.97. The third-order valence-electron chi connectivity index (χ3n) is 12.2. The SMILES string of the molecule is Cc1ccc(NN2C(=O)C3CC4C(=CCC5C(=O)N(c6ccc(N7CCOCC7)cc6)C(=O)C54)C(c4ccc(O)c(F)c4)C3(c3ccccc3)C2=O)cc1. The van der Waals surface area contributed by atoms with Gasteiger partial charge in [-0.3, -0.25) is 29.5 Å². The summed E-state index contributed by atoms with van der Waals surface area (Å²) in [5.41, 5.74) is 6.22. The van der Waals surface area contributed by atoms with E-state index in [2.05, 4.69) is 10.3 Å². The van der Waals surface area contributed by atoms with Crippen LogP contribution in [-0.4, -0.2) is 60.0 Å². The van der Waals surface area contributed by atoms with Gasteiger partial charge in [0.2, 0.25) is 11.8 Å². The third-order valence-corrected chi connectivity index (χ3v) is 12.2. The summed E-state index contributed by atoms with van der Waals surface area (Å²) < 4.78 is 20.8. The molecule has 0 radical (unpaired) electrons. The molecule has 0 bridgehead atoms. The van der Waals surface area contributed by atoms with Crippen molar-refractivity contribution >= 4 is 40.7 Å². The van der Waals surface area contributed by atoms with Gasteiger partial charge in [0.05, 0.1) is 47.8 Å². The molecule has 1 saturated carbocycles. The predicted octanol–water partition coefficient (Wildman–Crippen LogP) is 5.87. The first-order valence-electron chi connectivity index (χ1n) is 18.4. The number of hydrogen-bond acceptors (Lipinski definition) is 8. The van der Waals surface area contributed by atoms with Crippen LogP contribution in [0, 0.1) is 36.4 Å². The van der Waals surface area contributed by atoms with E-state index < -0.39 is 58.4 Å². The number of aromatic hydroxyl groups is 1. The van der Waals surface area contributed by atoms with Gasteiger partial charge in [0.25, 0.3) is 11.8 Å². The van der Waals surface area contributed by atoms with Gasteiger partial charge >= 0.3 is 0 Å². The smallest absolute Gasteiger partial charge is 0.260 e. The topological polar surface area (TPSA) is 119 Å². The van der Waals surface area contributed by atoms with E-state index in [1.54, 1.807) is 30.3 Å². The number of imide groups is 2. The lowest BCUT2D eigenvalue weighted by Gasteiger charge is -2.50. The molecule has 2 N–H and O–H groups in total. The van der Waals surface area contributed by atoms with Crippen LogP contribution in [0.15, 0.2) is 109 Å². The number of anilines is 3. The number of nitrogens with zero attached hydrogens (tertiary/aromatic N) is 3. The Morgan fingerprint density at radius 2 is 1.52 bits per heavy atom. The van der Waals surface area contributed by atoms with Crippen molar-refractivity contribution in [3.05, 3.63) is 131 Å². The van der Waals surface area contributed by atoms with E-state index in [1.807, 2.05) is 67.6 Å². The molecule has 0 spiro atoms. The molecular weight excluding hydrogens is 687 g/mol. The molecule has 0 aromatic heterocycles. The molecule has 4 aromatic carbocycles. The third kappa shape index (κ3) is 5.09. The molecule has 54 heavy (non-hydrogen) atoms. The highest BCUT2D eigenvalue weighted by molar-refractivity contribution is 6.22. The first-order chi connectivity index (χ1) is 26.2. The van der Waals surface area contributed by atoms with Crippen molar-refractivity contribution in [2.45, 2.75) is 31.1 Å². The molecular formula is C43H39FN4O6. The molecule has 3 aliphatic heterocycles. The van der Waals surface area contributed by atoms with Crippen molar-refractivity contribution < 1.29 is 33.4 Å². The normalized spacial score (nSPS) is 27.8. The minimum atomic E-state index is -1.53. The van der Waals surface area contributed by atoms with Gasteiger partial charge in [0, 0.05) is 24.7 Å². The molecule has 4 aromatic rings. The van der Waals surface area contributed by atoms with Crippen LogP contribution in [0.5, 0.6) is 5.75 Å². The largest absolute Gasteiger partial charge is 0.505 e. The highest BCUT2D eigenvalue weighted by Gasteiger charge is 2.70. The quantitative estimate of drug-likeness (QED) is 0.187. The molecule has 11 heteroatoms. The Morgan fingerprint density at radius 1 is 0.815 bits per heavy atom. The van der Waals surface area contributed by atoms with Crippen LogP contribution < -0.4 is 15.2 Å². The van der Waals surface area contributed by atoms with Gasteiger partial charge in [-0.25, -0.2) is 4.39 Å². The molecule has 4 fully saturated rings. The van der Waals surface area contributed by atoms with Crippen molar-refractivity contribution in [1.82, 2.24) is 5.01 Å². The van der Waals surface area contributed by atoms with Gasteiger partial charge < -0.3 is 14.7 Å². The van der Waals surface area contributed by atoms with Gasteiger partial charge in [-0.15, -0.1) is 0 Å². The summed E-state index contributed by atoms with van der Waals surface area (Å²) in [6.07, 6.45) is 2.30. The van der Waals surface area contributed by atoms with E-state index in [0.29, 0.717) is 41.3 Å². The number of allylic oxidation sites excluding steroid dienone is 2. The summed E-state index contributed by atoms with van der Waals surface area (Å²) in [6.45, 7) is 4.69. The number of morpholine rings is 1. The molecule has 274 valence electrons. The second-order valence-electron chi connectivity index (χ2n) is 14.9. The number of benzene rings is 4. The average molecular weight is 727 g/mol. The molecule has 3 heterocycles. The minimum absolute atomic E-state index is 0.123. The van der Waals surface area contributed by atoms with Crippen LogP contribution in [0.25, 0.3) is 0 Å². The van der Waals surface area contributed by atoms with Crippen molar-refractivity contribution in [3.8, 4) is 5.75 Å². The Hall–Kier alpha value is -5.81. The maximum Gasteiger partial charge on any atom is 0.260 e. The fourth-order valence-electron chi connectivity index (χ4n) is 9.71. The van der Waals surface area contributed by atoms with Crippen molar-refractivity contribution in [2.24, 2.45) is 23.7 Å². The zero-order chi connectivity index (χ0) is 37.3. The summed E-state index contributed by atoms with van der Waals surface area (Å²) >= 11 is 0. The second-order valence-corrected chi connectivity index (χ2v) is 14.9. The minimum Gasteiger partial charge on any atom is -0.505 e. The fraction of sp³-hybridized carbons (Fsp3) is 0.302. The fourth-order valence-corrected chi connectivity index (χ4v) is 9.71. The van der Waals surface area contributed by atoms with Gasteiger partial charge in [-0.1, -0.05) is 65.7 Å². The number of hydrazine groups is 1. The Kier molecular flexibility index (Phi) is 8.15. The number of halogens is 1. The Morgan fingerprint density at radius 3 is 2.22 bits per heavy atom.